The maximum atomic E-state index is 13.1. The van der Waals surface area contributed by atoms with E-state index in [-0.39, 0.29) is 24.4 Å². The number of benzene rings is 2. The van der Waals surface area contributed by atoms with Crippen molar-refractivity contribution in [3.8, 4) is 5.75 Å². The van der Waals surface area contributed by atoms with E-state index in [1.54, 1.807) is 24.5 Å². The Balaban J connectivity index is 1.25. The van der Waals surface area contributed by atoms with Crippen LogP contribution in [0.1, 0.15) is 17.5 Å². The number of hydrogen-bond acceptors (Lipinski definition) is 4. The van der Waals surface area contributed by atoms with Crippen LogP contribution >= 0.6 is 0 Å². The second kappa shape index (κ2) is 8.92. The molecule has 0 aliphatic carbocycles. The monoisotopic (exact) mass is 394 g/mol. The molecular weight excluding hydrogens is 371 g/mol. The van der Waals surface area contributed by atoms with Crippen molar-refractivity contribution in [1.82, 2.24) is 10.6 Å². The number of rotatable bonds is 6. The van der Waals surface area contributed by atoms with Crippen molar-refractivity contribution < 1.29 is 18.7 Å². The molecule has 0 spiro atoms. The Morgan fingerprint density at radius 3 is 2.83 bits per heavy atom. The van der Waals surface area contributed by atoms with Crippen LogP contribution in [0.25, 0.3) is 5.57 Å². The summed E-state index contributed by atoms with van der Waals surface area (Å²) in [6.45, 7) is 1.21. The lowest BCUT2D eigenvalue weighted by atomic mass is 10.0. The zero-order valence-electron chi connectivity index (χ0n) is 16.0. The van der Waals surface area contributed by atoms with Crippen LogP contribution in [-0.2, 0) is 16.0 Å². The van der Waals surface area contributed by atoms with Crippen LogP contribution < -0.4 is 15.4 Å². The largest absolute Gasteiger partial charge is 0.496 e. The molecule has 0 saturated heterocycles. The van der Waals surface area contributed by atoms with Gasteiger partial charge in [0.2, 0.25) is 0 Å². The van der Waals surface area contributed by atoms with Gasteiger partial charge in [-0.15, -0.1) is 0 Å². The molecule has 29 heavy (non-hydrogen) atoms. The smallest absolute Gasteiger partial charge is 0.251 e. The number of para-hydroxylation sites is 1. The first kappa shape index (κ1) is 19.2. The summed E-state index contributed by atoms with van der Waals surface area (Å²) in [5, 5.41) is 6.07. The number of allylic oxidation sites excluding steroid dienone is 2. The lowest BCUT2D eigenvalue weighted by Gasteiger charge is -2.26. The average molecular weight is 394 g/mol. The van der Waals surface area contributed by atoms with Gasteiger partial charge in [-0.1, -0.05) is 30.3 Å². The van der Waals surface area contributed by atoms with E-state index in [1.165, 1.54) is 17.7 Å². The fourth-order valence-electron chi connectivity index (χ4n) is 3.42. The third kappa shape index (κ3) is 4.84. The molecule has 150 valence electrons. The number of amides is 1. The van der Waals surface area contributed by atoms with Crippen molar-refractivity contribution in [3.05, 3.63) is 83.4 Å². The van der Waals surface area contributed by atoms with E-state index < -0.39 is 0 Å². The minimum atomic E-state index is -0.301. The van der Waals surface area contributed by atoms with E-state index in [1.807, 2.05) is 18.2 Å². The Morgan fingerprint density at radius 1 is 1.14 bits per heavy atom. The molecule has 2 aliphatic rings. The van der Waals surface area contributed by atoms with E-state index in [4.69, 9.17) is 9.47 Å². The summed E-state index contributed by atoms with van der Waals surface area (Å²) >= 11 is 0. The third-order valence-electron chi connectivity index (χ3n) is 5.00. The predicted molar refractivity (Wildman–Crippen MR) is 109 cm³/mol. The van der Waals surface area contributed by atoms with Crippen LogP contribution in [0.2, 0.25) is 0 Å². The van der Waals surface area contributed by atoms with Crippen molar-refractivity contribution in [1.29, 1.82) is 0 Å². The van der Waals surface area contributed by atoms with E-state index in [0.717, 1.165) is 29.7 Å². The molecule has 6 heteroatoms. The average Bonchev–Trinajstić information content (AvgIpc) is 2.77. The van der Waals surface area contributed by atoms with Crippen molar-refractivity contribution in [3.63, 3.8) is 0 Å². The summed E-state index contributed by atoms with van der Waals surface area (Å²) in [4.78, 5) is 12.4. The quantitative estimate of drug-likeness (QED) is 0.584. The van der Waals surface area contributed by atoms with E-state index in [0.29, 0.717) is 18.8 Å². The molecule has 4 rings (SSSR count). The Labute approximate surface area is 169 Å². The van der Waals surface area contributed by atoms with Gasteiger partial charge in [-0.3, -0.25) is 10.1 Å². The summed E-state index contributed by atoms with van der Waals surface area (Å²) in [5.74, 6) is 0.448. The van der Waals surface area contributed by atoms with Crippen molar-refractivity contribution >= 4 is 11.5 Å². The molecular formula is C23H23FN2O3. The second-order valence-electron chi connectivity index (χ2n) is 7.08. The number of carbonyl (C=O) groups excluding carboxylic acids is 1. The first-order valence-corrected chi connectivity index (χ1v) is 9.71. The Hall–Kier alpha value is -3.12. The van der Waals surface area contributed by atoms with Crippen LogP contribution in [0.4, 0.5) is 4.39 Å². The van der Waals surface area contributed by atoms with Crippen LogP contribution in [0.3, 0.4) is 0 Å². The van der Waals surface area contributed by atoms with E-state index in [2.05, 4.69) is 16.7 Å². The van der Waals surface area contributed by atoms with Crippen LogP contribution in [0.5, 0.6) is 5.75 Å². The van der Waals surface area contributed by atoms with Crippen molar-refractivity contribution in [2.45, 2.75) is 18.9 Å². The van der Waals surface area contributed by atoms with Gasteiger partial charge in [-0.05, 0) is 48.2 Å². The van der Waals surface area contributed by atoms with E-state index in [9.17, 15) is 9.18 Å². The predicted octanol–water partition coefficient (Wildman–Crippen LogP) is 3.18. The molecule has 1 unspecified atom stereocenters. The molecule has 0 aromatic heterocycles. The first-order chi connectivity index (χ1) is 14.2. The molecule has 0 saturated carbocycles. The Bertz CT molecular complexity index is 937. The third-order valence-corrected chi connectivity index (χ3v) is 5.00. The minimum absolute atomic E-state index is 0.0899. The number of halogens is 1. The summed E-state index contributed by atoms with van der Waals surface area (Å²) in [6, 6.07) is 14.2. The molecule has 2 heterocycles. The van der Waals surface area contributed by atoms with Gasteiger partial charge in [0, 0.05) is 12.1 Å². The zero-order valence-corrected chi connectivity index (χ0v) is 16.0. The van der Waals surface area contributed by atoms with Gasteiger partial charge in [-0.2, -0.15) is 0 Å². The molecule has 2 aromatic carbocycles. The summed E-state index contributed by atoms with van der Waals surface area (Å²) in [7, 11) is 0. The van der Waals surface area contributed by atoms with Gasteiger partial charge in [0.25, 0.3) is 5.91 Å². The molecule has 0 radical (unpaired) electrons. The molecule has 2 N–H and O–H groups in total. The number of ether oxygens (including phenoxy) is 2. The summed E-state index contributed by atoms with van der Waals surface area (Å²) < 4.78 is 24.5. The Morgan fingerprint density at radius 2 is 1.97 bits per heavy atom. The summed E-state index contributed by atoms with van der Waals surface area (Å²) in [5.41, 5.74) is 3.30. The molecule has 1 atom stereocenters. The van der Waals surface area contributed by atoms with Gasteiger partial charge in [-0.25, -0.2) is 4.39 Å². The highest BCUT2D eigenvalue weighted by Gasteiger charge is 2.19. The highest BCUT2D eigenvalue weighted by molar-refractivity contribution is 5.97. The molecule has 0 fully saturated rings. The maximum absolute atomic E-state index is 13.1. The maximum Gasteiger partial charge on any atom is 0.251 e. The number of aryl methyl sites for hydroxylation is 1. The van der Waals surface area contributed by atoms with Crippen LogP contribution in [-0.4, -0.2) is 31.8 Å². The Kier molecular flexibility index (Phi) is 5.91. The van der Waals surface area contributed by atoms with Gasteiger partial charge in [0.05, 0.1) is 18.5 Å². The molecule has 0 bridgehead atoms. The number of fused-ring (bicyclic) bond motifs is 1. The normalized spacial score (nSPS) is 17.9. The van der Waals surface area contributed by atoms with Gasteiger partial charge < -0.3 is 14.8 Å². The number of nitrogens with one attached hydrogen (secondary N) is 2. The van der Waals surface area contributed by atoms with Crippen LogP contribution in [0, 0.1) is 5.82 Å². The first-order valence-electron chi connectivity index (χ1n) is 9.71. The molecule has 2 aromatic rings. The van der Waals surface area contributed by atoms with Crippen molar-refractivity contribution in [2.75, 3.05) is 19.8 Å². The van der Waals surface area contributed by atoms with E-state index >= 15 is 0 Å². The lowest BCUT2D eigenvalue weighted by molar-refractivity contribution is -0.118. The molecule has 2 aliphatic heterocycles. The van der Waals surface area contributed by atoms with Crippen molar-refractivity contribution in [2.24, 2.45) is 0 Å². The second-order valence-corrected chi connectivity index (χ2v) is 7.08. The van der Waals surface area contributed by atoms with Crippen LogP contribution in [0.15, 0.2) is 66.4 Å². The lowest BCUT2D eigenvalue weighted by Crippen LogP contribution is -2.41. The van der Waals surface area contributed by atoms with Gasteiger partial charge in [0.1, 0.15) is 24.3 Å². The fourth-order valence-corrected chi connectivity index (χ4v) is 3.42. The van der Waals surface area contributed by atoms with Gasteiger partial charge in [0.15, 0.2) is 0 Å². The topological polar surface area (TPSA) is 59.6 Å². The SMILES string of the molecule is O=C(NCNCC1CCc2ccccc2O1)C1=CC(c2ccc(F)cc2)=COC1. The van der Waals surface area contributed by atoms with Gasteiger partial charge >= 0.3 is 0 Å². The summed E-state index contributed by atoms with van der Waals surface area (Å²) in [6.07, 6.45) is 5.39. The highest BCUT2D eigenvalue weighted by Crippen LogP contribution is 2.26. The number of carbonyl (C=O) groups is 1. The molecule has 5 nitrogen and oxygen atoms in total. The number of hydrogen-bond donors (Lipinski definition) is 2. The fraction of sp³-hybridized carbons (Fsp3) is 0.261. The highest BCUT2D eigenvalue weighted by atomic mass is 19.1. The molecule has 1 amide bonds. The standard InChI is InChI=1S/C23H23FN2O3/c24-20-8-5-16(6-9-20)18-11-19(14-28-13-18)23(27)26-15-25-12-21-10-7-17-3-1-2-4-22(17)29-21/h1-6,8-9,11,13,21,25H,7,10,12,14-15H2,(H,26,27). The minimum Gasteiger partial charge on any atom is -0.496 e. The zero-order chi connectivity index (χ0) is 20.1.